The summed E-state index contributed by atoms with van der Waals surface area (Å²) in [5, 5.41) is 0.691. The van der Waals surface area contributed by atoms with Gasteiger partial charge < -0.3 is 9.17 Å². The lowest BCUT2D eigenvalue weighted by molar-refractivity contribution is 0.488. The van der Waals surface area contributed by atoms with Gasteiger partial charge in [0.15, 0.2) is 5.75 Å². The maximum absolute atomic E-state index is 13.2. The lowest BCUT2D eigenvalue weighted by Gasteiger charge is -2.13. The quantitative estimate of drug-likeness (QED) is 0.318. The SMILES string of the molecule is Cc1ccc(S(=O)(=O)Oc2cccc3c(S(=O)(=O)NCc4nc5ccccc5[nH]4)cccc23)cc1. The number of aromatic nitrogens is 2. The van der Waals surface area contributed by atoms with E-state index in [1.165, 1.54) is 24.3 Å². The van der Waals surface area contributed by atoms with Crippen molar-refractivity contribution in [2.75, 3.05) is 0 Å². The Morgan fingerprint density at radius 3 is 2.31 bits per heavy atom. The molecule has 5 aromatic rings. The van der Waals surface area contributed by atoms with E-state index in [1.54, 1.807) is 36.4 Å². The third-order valence-electron chi connectivity index (χ3n) is 5.51. The summed E-state index contributed by atoms with van der Waals surface area (Å²) in [5.41, 5.74) is 2.46. The number of rotatable bonds is 7. The van der Waals surface area contributed by atoms with Gasteiger partial charge in [0.1, 0.15) is 10.7 Å². The molecule has 0 aliphatic carbocycles. The molecule has 35 heavy (non-hydrogen) atoms. The number of benzene rings is 4. The van der Waals surface area contributed by atoms with Gasteiger partial charge in [-0.15, -0.1) is 0 Å². The van der Waals surface area contributed by atoms with Crippen LogP contribution in [0.3, 0.4) is 0 Å². The van der Waals surface area contributed by atoms with Crippen molar-refractivity contribution < 1.29 is 21.0 Å². The molecule has 1 aromatic heterocycles. The molecule has 0 aliphatic heterocycles. The molecule has 0 saturated heterocycles. The summed E-state index contributed by atoms with van der Waals surface area (Å²) in [6, 6.07) is 23.0. The van der Waals surface area contributed by atoms with Gasteiger partial charge in [0, 0.05) is 10.8 Å². The van der Waals surface area contributed by atoms with Crippen LogP contribution in [0.2, 0.25) is 0 Å². The average molecular weight is 508 g/mol. The highest BCUT2D eigenvalue weighted by Crippen LogP contribution is 2.32. The highest BCUT2D eigenvalue weighted by molar-refractivity contribution is 7.89. The second-order valence-electron chi connectivity index (χ2n) is 7.98. The van der Waals surface area contributed by atoms with E-state index in [4.69, 9.17) is 4.18 Å². The first-order chi connectivity index (χ1) is 16.7. The predicted molar refractivity (Wildman–Crippen MR) is 133 cm³/mol. The molecule has 0 radical (unpaired) electrons. The summed E-state index contributed by atoms with van der Waals surface area (Å²) >= 11 is 0. The predicted octanol–water partition coefficient (Wildman–Crippen LogP) is 4.27. The first-order valence-electron chi connectivity index (χ1n) is 10.7. The Morgan fingerprint density at radius 1 is 0.829 bits per heavy atom. The highest BCUT2D eigenvalue weighted by atomic mass is 32.2. The summed E-state index contributed by atoms with van der Waals surface area (Å²) in [7, 11) is -8.06. The van der Waals surface area contributed by atoms with Gasteiger partial charge in [-0.3, -0.25) is 0 Å². The topological polar surface area (TPSA) is 118 Å². The maximum atomic E-state index is 13.2. The van der Waals surface area contributed by atoms with Crippen LogP contribution in [0.25, 0.3) is 21.8 Å². The zero-order valence-electron chi connectivity index (χ0n) is 18.6. The summed E-state index contributed by atoms with van der Waals surface area (Å²) < 4.78 is 59.9. The van der Waals surface area contributed by atoms with E-state index >= 15 is 0 Å². The first kappa shape index (κ1) is 23.0. The van der Waals surface area contributed by atoms with Gasteiger partial charge >= 0.3 is 10.1 Å². The fourth-order valence-electron chi connectivity index (χ4n) is 3.76. The summed E-state index contributed by atoms with van der Waals surface area (Å²) in [5.74, 6) is 0.514. The van der Waals surface area contributed by atoms with Crippen LogP contribution in [0.15, 0.2) is 94.7 Å². The third-order valence-corrected chi connectivity index (χ3v) is 8.22. The first-order valence-corrected chi connectivity index (χ1v) is 13.6. The molecule has 0 amide bonds. The van der Waals surface area contributed by atoms with Crippen molar-refractivity contribution in [2.45, 2.75) is 23.3 Å². The van der Waals surface area contributed by atoms with Gasteiger partial charge in [0.2, 0.25) is 10.0 Å². The van der Waals surface area contributed by atoms with E-state index in [-0.39, 0.29) is 22.1 Å². The van der Waals surface area contributed by atoms with E-state index in [0.29, 0.717) is 16.6 Å². The molecule has 10 heteroatoms. The van der Waals surface area contributed by atoms with Crippen molar-refractivity contribution in [3.05, 3.63) is 96.3 Å². The molecular formula is C25H21N3O5S2. The standard InChI is InChI=1S/C25H21N3O5S2/c1-17-12-14-18(15-13-17)35(31,32)33-23-10-4-7-20-19(23)6-5-11-24(20)34(29,30)26-16-25-27-21-8-2-3-9-22(21)28-25/h2-15,26H,16H2,1H3,(H,27,28). The van der Waals surface area contributed by atoms with Gasteiger partial charge in [0.05, 0.1) is 22.5 Å². The van der Waals surface area contributed by atoms with E-state index in [9.17, 15) is 16.8 Å². The highest BCUT2D eigenvalue weighted by Gasteiger charge is 2.22. The van der Waals surface area contributed by atoms with Crippen LogP contribution in [-0.4, -0.2) is 26.8 Å². The number of hydrogen-bond donors (Lipinski definition) is 2. The number of fused-ring (bicyclic) bond motifs is 2. The van der Waals surface area contributed by atoms with Crippen molar-refractivity contribution in [1.29, 1.82) is 0 Å². The summed E-state index contributed by atoms with van der Waals surface area (Å²) in [4.78, 5) is 7.49. The zero-order valence-corrected chi connectivity index (χ0v) is 20.2. The normalized spacial score (nSPS) is 12.3. The number of aryl methyl sites for hydroxylation is 1. The lowest BCUT2D eigenvalue weighted by atomic mass is 10.1. The smallest absolute Gasteiger partial charge is 0.339 e. The molecule has 8 nitrogen and oxygen atoms in total. The minimum atomic E-state index is -4.11. The second-order valence-corrected chi connectivity index (χ2v) is 11.3. The fourth-order valence-corrected chi connectivity index (χ4v) is 5.92. The maximum Gasteiger partial charge on any atom is 0.339 e. The van der Waals surface area contributed by atoms with Crippen molar-refractivity contribution in [3.8, 4) is 5.75 Å². The van der Waals surface area contributed by atoms with Crippen molar-refractivity contribution >= 4 is 41.9 Å². The monoisotopic (exact) mass is 507 g/mol. The largest absolute Gasteiger partial charge is 0.378 e. The molecule has 2 N–H and O–H groups in total. The number of hydrogen-bond acceptors (Lipinski definition) is 6. The van der Waals surface area contributed by atoms with Gasteiger partial charge in [-0.1, -0.05) is 54.1 Å². The lowest BCUT2D eigenvalue weighted by Crippen LogP contribution is -2.24. The molecule has 0 atom stereocenters. The van der Waals surface area contributed by atoms with Crippen LogP contribution >= 0.6 is 0 Å². The van der Waals surface area contributed by atoms with Crippen molar-refractivity contribution in [2.24, 2.45) is 0 Å². The van der Waals surface area contributed by atoms with Gasteiger partial charge in [0.25, 0.3) is 0 Å². The Hall–Kier alpha value is -3.73. The number of sulfonamides is 1. The van der Waals surface area contributed by atoms with E-state index in [0.717, 1.165) is 16.6 Å². The molecule has 1 heterocycles. The Kier molecular flexibility index (Phi) is 5.79. The number of H-pyrrole nitrogens is 1. The van der Waals surface area contributed by atoms with Crippen LogP contribution in [0.1, 0.15) is 11.4 Å². The van der Waals surface area contributed by atoms with Gasteiger partial charge in [-0.05, 0) is 43.3 Å². The second kappa shape index (κ2) is 8.81. The van der Waals surface area contributed by atoms with E-state index in [2.05, 4.69) is 14.7 Å². The molecule has 178 valence electrons. The van der Waals surface area contributed by atoms with Crippen LogP contribution in [0.5, 0.6) is 5.75 Å². The van der Waals surface area contributed by atoms with E-state index in [1.807, 2.05) is 31.2 Å². The molecule has 4 aromatic carbocycles. The Labute approximate surface area is 202 Å². The summed E-state index contributed by atoms with van der Waals surface area (Å²) in [6.45, 7) is 1.82. The average Bonchev–Trinajstić information content (AvgIpc) is 3.26. The minimum absolute atomic E-state index is 0.00398. The third kappa shape index (κ3) is 4.63. The van der Waals surface area contributed by atoms with Crippen molar-refractivity contribution in [3.63, 3.8) is 0 Å². The Morgan fingerprint density at radius 2 is 1.54 bits per heavy atom. The van der Waals surface area contributed by atoms with Gasteiger partial charge in [-0.25, -0.2) is 18.1 Å². The van der Waals surface area contributed by atoms with E-state index < -0.39 is 20.1 Å². The fraction of sp³-hybridized carbons (Fsp3) is 0.0800. The van der Waals surface area contributed by atoms with Gasteiger partial charge in [-0.2, -0.15) is 8.42 Å². The zero-order chi connectivity index (χ0) is 24.6. The Balaban J connectivity index is 1.46. The Bertz CT molecular complexity index is 1730. The van der Waals surface area contributed by atoms with Crippen molar-refractivity contribution in [1.82, 2.24) is 14.7 Å². The van der Waals surface area contributed by atoms with Crippen LogP contribution in [0.4, 0.5) is 0 Å². The number of imidazole rings is 1. The molecule has 0 bridgehead atoms. The molecule has 0 spiro atoms. The number of para-hydroxylation sites is 2. The number of nitrogens with one attached hydrogen (secondary N) is 2. The molecule has 5 rings (SSSR count). The van der Waals surface area contributed by atoms with Crippen LogP contribution in [0, 0.1) is 6.92 Å². The minimum Gasteiger partial charge on any atom is -0.378 e. The molecular weight excluding hydrogens is 486 g/mol. The number of aromatic amines is 1. The molecule has 0 unspecified atom stereocenters. The van der Waals surface area contributed by atoms with Crippen LogP contribution < -0.4 is 8.91 Å². The summed E-state index contributed by atoms with van der Waals surface area (Å²) in [6.07, 6.45) is 0. The molecule has 0 aliphatic rings. The molecule has 0 fully saturated rings. The van der Waals surface area contributed by atoms with Crippen LogP contribution in [-0.2, 0) is 26.7 Å². The molecule has 0 saturated carbocycles. The number of nitrogens with zero attached hydrogens (tertiary/aromatic N) is 1.